The number of nitrogens with zero attached hydrogens (tertiary/aromatic N) is 4. The first-order valence-corrected chi connectivity index (χ1v) is 13.1. The van der Waals surface area contributed by atoms with Gasteiger partial charge in [0.2, 0.25) is 15.9 Å². The third kappa shape index (κ3) is 5.55. The highest BCUT2D eigenvalue weighted by Crippen LogP contribution is 2.25. The van der Waals surface area contributed by atoms with Crippen molar-refractivity contribution < 1.29 is 17.9 Å². The molecular formula is C23H25N5O4S2. The molecule has 0 saturated carbocycles. The van der Waals surface area contributed by atoms with E-state index >= 15 is 0 Å². The lowest BCUT2D eigenvalue weighted by molar-refractivity contribution is -0.113. The van der Waals surface area contributed by atoms with Gasteiger partial charge in [0.1, 0.15) is 0 Å². The Kier molecular flexibility index (Phi) is 7.78. The van der Waals surface area contributed by atoms with E-state index < -0.39 is 10.0 Å². The number of anilines is 1. The highest BCUT2D eigenvalue weighted by Gasteiger charge is 2.26. The number of sulfonamides is 1. The number of nitrogens with one attached hydrogen (secondary N) is 1. The van der Waals surface area contributed by atoms with Crippen LogP contribution in [0.5, 0.6) is 0 Å². The van der Waals surface area contributed by atoms with Crippen LogP contribution in [-0.2, 0) is 26.1 Å². The highest BCUT2D eigenvalue weighted by molar-refractivity contribution is 7.99. The number of aromatic nitrogens is 3. The van der Waals surface area contributed by atoms with E-state index in [1.807, 2.05) is 34.9 Å². The number of carbonyl (C=O) groups is 1. The quantitative estimate of drug-likeness (QED) is 0.356. The first kappa shape index (κ1) is 24.1. The lowest BCUT2D eigenvalue weighted by Gasteiger charge is -2.26. The summed E-state index contributed by atoms with van der Waals surface area (Å²) in [6, 6.07) is 16.0. The van der Waals surface area contributed by atoms with Gasteiger partial charge in [0, 0.05) is 30.9 Å². The molecule has 1 N–H and O–H groups in total. The zero-order valence-corrected chi connectivity index (χ0v) is 20.1. The molecule has 0 atom stereocenters. The van der Waals surface area contributed by atoms with E-state index in [0.29, 0.717) is 49.5 Å². The average molecular weight is 500 g/mol. The molecule has 0 bridgehead atoms. The van der Waals surface area contributed by atoms with Crippen LogP contribution in [0.1, 0.15) is 0 Å². The van der Waals surface area contributed by atoms with Gasteiger partial charge in [0.15, 0.2) is 11.0 Å². The minimum atomic E-state index is -3.65. The Labute approximate surface area is 202 Å². The third-order valence-electron chi connectivity index (χ3n) is 5.12. The zero-order valence-electron chi connectivity index (χ0n) is 18.5. The van der Waals surface area contributed by atoms with E-state index in [1.54, 1.807) is 18.2 Å². The van der Waals surface area contributed by atoms with Crippen molar-refractivity contribution in [3.05, 3.63) is 67.3 Å². The molecule has 0 aliphatic carbocycles. The normalized spacial score (nSPS) is 14.6. The average Bonchev–Trinajstić information content (AvgIpc) is 3.27. The lowest BCUT2D eigenvalue weighted by atomic mass is 10.2. The first-order valence-electron chi connectivity index (χ1n) is 10.7. The number of allylic oxidation sites excluding steroid dienone is 1. The van der Waals surface area contributed by atoms with Crippen LogP contribution in [0.3, 0.4) is 0 Å². The molecule has 1 fully saturated rings. The molecule has 1 amide bonds. The SMILES string of the molecule is C=CCn1c(SCC(=O)Nc2cccc(S(=O)(=O)N3CCOCC3)c2)nnc1-c1ccccc1. The monoisotopic (exact) mass is 499 g/mol. The van der Waals surface area contributed by atoms with Gasteiger partial charge in [-0.3, -0.25) is 9.36 Å². The molecule has 1 aromatic heterocycles. The summed E-state index contributed by atoms with van der Waals surface area (Å²) in [6.45, 7) is 5.67. The van der Waals surface area contributed by atoms with E-state index in [1.165, 1.54) is 28.2 Å². The Bertz CT molecular complexity index is 1260. The largest absolute Gasteiger partial charge is 0.379 e. The van der Waals surface area contributed by atoms with E-state index in [2.05, 4.69) is 22.1 Å². The van der Waals surface area contributed by atoms with E-state index in [-0.39, 0.29) is 16.6 Å². The molecule has 11 heteroatoms. The number of benzene rings is 2. The molecule has 1 aliphatic rings. The van der Waals surface area contributed by atoms with Crippen LogP contribution in [0.25, 0.3) is 11.4 Å². The van der Waals surface area contributed by atoms with Crippen molar-refractivity contribution in [2.75, 3.05) is 37.4 Å². The Morgan fingerprint density at radius 1 is 1.12 bits per heavy atom. The molecule has 2 heterocycles. The lowest BCUT2D eigenvalue weighted by Crippen LogP contribution is -2.40. The van der Waals surface area contributed by atoms with Crippen molar-refractivity contribution >= 4 is 33.4 Å². The van der Waals surface area contributed by atoms with Gasteiger partial charge >= 0.3 is 0 Å². The van der Waals surface area contributed by atoms with Crippen LogP contribution in [0, 0.1) is 0 Å². The molecule has 1 aliphatic heterocycles. The van der Waals surface area contributed by atoms with Crippen LogP contribution in [-0.4, -0.2) is 65.5 Å². The van der Waals surface area contributed by atoms with Crippen LogP contribution in [0.4, 0.5) is 5.69 Å². The molecule has 178 valence electrons. The van der Waals surface area contributed by atoms with Gasteiger partial charge in [-0.15, -0.1) is 16.8 Å². The van der Waals surface area contributed by atoms with Gasteiger partial charge in [-0.25, -0.2) is 8.42 Å². The second-order valence-electron chi connectivity index (χ2n) is 7.45. The Morgan fingerprint density at radius 3 is 2.62 bits per heavy atom. The molecule has 2 aromatic carbocycles. The van der Waals surface area contributed by atoms with E-state index in [4.69, 9.17) is 4.74 Å². The molecular weight excluding hydrogens is 474 g/mol. The predicted octanol–water partition coefficient (Wildman–Crippen LogP) is 2.88. The summed E-state index contributed by atoms with van der Waals surface area (Å²) in [5.41, 5.74) is 1.34. The van der Waals surface area contributed by atoms with Gasteiger partial charge in [-0.2, -0.15) is 4.31 Å². The number of hydrogen-bond donors (Lipinski definition) is 1. The highest BCUT2D eigenvalue weighted by atomic mass is 32.2. The Balaban J connectivity index is 1.43. The fourth-order valence-corrected chi connectivity index (χ4v) is 5.69. The van der Waals surface area contributed by atoms with Crippen molar-refractivity contribution in [2.24, 2.45) is 0 Å². The summed E-state index contributed by atoms with van der Waals surface area (Å²) >= 11 is 1.25. The van der Waals surface area contributed by atoms with Crippen molar-refractivity contribution in [2.45, 2.75) is 16.6 Å². The summed E-state index contributed by atoms with van der Waals surface area (Å²) in [7, 11) is -3.65. The molecule has 1 saturated heterocycles. The Hall–Kier alpha value is -2.99. The predicted molar refractivity (Wildman–Crippen MR) is 131 cm³/mol. The van der Waals surface area contributed by atoms with Crippen molar-refractivity contribution in [3.63, 3.8) is 0 Å². The number of amides is 1. The van der Waals surface area contributed by atoms with Crippen molar-refractivity contribution in [1.82, 2.24) is 19.1 Å². The summed E-state index contributed by atoms with van der Waals surface area (Å²) in [6.07, 6.45) is 1.75. The maximum absolute atomic E-state index is 12.9. The molecule has 9 nitrogen and oxygen atoms in total. The van der Waals surface area contributed by atoms with Gasteiger partial charge in [-0.05, 0) is 18.2 Å². The standard InChI is InChI=1S/C23H25N5O4S2/c1-2-11-28-22(18-7-4-3-5-8-18)25-26-23(28)33-17-21(29)24-19-9-6-10-20(16-19)34(30,31)27-12-14-32-15-13-27/h2-10,16H,1,11-15,17H2,(H,24,29). The maximum Gasteiger partial charge on any atom is 0.243 e. The van der Waals surface area contributed by atoms with Crippen LogP contribution in [0.2, 0.25) is 0 Å². The summed E-state index contributed by atoms with van der Waals surface area (Å²) < 4.78 is 34.3. The molecule has 4 rings (SSSR count). The van der Waals surface area contributed by atoms with Crippen LogP contribution < -0.4 is 5.32 Å². The zero-order chi connectivity index (χ0) is 24.0. The van der Waals surface area contributed by atoms with Crippen molar-refractivity contribution in [1.29, 1.82) is 0 Å². The number of hydrogen-bond acceptors (Lipinski definition) is 7. The summed E-state index contributed by atoms with van der Waals surface area (Å²) in [5.74, 6) is 0.509. The van der Waals surface area contributed by atoms with Crippen molar-refractivity contribution in [3.8, 4) is 11.4 Å². The second-order valence-corrected chi connectivity index (χ2v) is 10.3. The van der Waals surface area contributed by atoms with Gasteiger partial charge in [0.05, 0.1) is 23.9 Å². The molecule has 0 unspecified atom stereocenters. The topological polar surface area (TPSA) is 106 Å². The number of thioether (sulfide) groups is 1. The minimum Gasteiger partial charge on any atom is -0.379 e. The smallest absolute Gasteiger partial charge is 0.243 e. The van der Waals surface area contributed by atoms with Gasteiger partial charge in [-0.1, -0.05) is 54.2 Å². The minimum absolute atomic E-state index is 0.0878. The first-order chi connectivity index (χ1) is 16.5. The number of ether oxygens (including phenoxy) is 1. The van der Waals surface area contributed by atoms with Crippen LogP contribution in [0.15, 0.2) is 77.3 Å². The summed E-state index contributed by atoms with van der Waals surface area (Å²) in [4.78, 5) is 12.7. The maximum atomic E-state index is 12.9. The molecule has 0 radical (unpaired) electrons. The van der Waals surface area contributed by atoms with Gasteiger partial charge in [0.25, 0.3) is 0 Å². The summed E-state index contributed by atoms with van der Waals surface area (Å²) in [5, 5.41) is 11.9. The Morgan fingerprint density at radius 2 is 1.88 bits per heavy atom. The molecule has 3 aromatic rings. The number of carbonyl (C=O) groups excluding carboxylic acids is 1. The molecule has 0 spiro atoms. The van der Waals surface area contributed by atoms with Crippen LogP contribution >= 0.6 is 11.8 Å². The fraction of sp³-hybridized carbons (Fsp3) is 0.261. The van der Waals surface area contributed by atoms with E-state index in [9.17, 15) is 13.2 Å². The third-order valence-corrected chi connectivity index (χ3v) is 7.98. The fourth-order valence-electron chi connectivity index (χ4n) is 3.49. The number of rotatable bonds is 9. The second kappa shape index (κ2) is 11.0. The van der Waals surface area contributed by atoms with E-state index in [0.717, 1.165) is 5.56 Å². The number of morpholine rings is 1. The van der Waals surface area contributed by atoms with Gasteiger partial charge < -0.3 is 10.1 Å². The molecule has 34 heavy (non-hydrogen) atoms.